The highest BCUT2D eigenvalue weighted by atomic mass is 32.1. The van der Waals surface area contributed by atoms with Crippen LogP contribution in [0.15, 0.2) is 23.1 Å². The molecule has 17 heavy (non-hydrogen) atoms. The van der Waals surface area contributed by atoms with Gasteiger partial charge in [-0.1, -0.05) is 12.7 Å². The minimum Gasteiger partial charge on any atom is -0.445 e. The fourth-order valence-corrected chi connectivity index (χ4v) is 2.96. The molecule has 0 unspecified atom stereocenters. The number of carbonyl (C=O) groups excluding carboxylic acids is 1. The van der Waals surface area contributed by atoms with Crippen LogP contribution in [0.4, 0.5) is 4.79 Å². The maximum Gasteiger partial charge on any atom is 0.410 e. The molecule has 1 aliphatic rings. The van der Waals surface area contributed by atoms with Crippen molar-refractivity contribution in [3.63, 3.8) is 0 Å². The Bertz CT molecular complexity index is 419. The van der Waals surface area contributed by atoms with Crippen LogP contribution in [0, 0.1) is 0 Å². The van der Waals surface area contributed by atoms with Crippen LogP contribution in [0.2, 0.25) is 0 Å². The van der Waals surface area contributed by atoms with Crippen molar-refractivity contribution in [3.05, 3.63) is 23.0 Å². The normalized spacial score (nSPS) is 19.4. The standard InChI is InChI=1S/C11H14N2O2S2/c1-2-5-15-11(14)13-4-3-8(6-13)10-12-9(16)7-17-10/h2,7-8,16H,1,3-6H2/t8-/m0/s1. The molecule has 4 nitrogen and oxygen atoms in total. The van der Waals surface area contributed by atoms with Crippen molar-refractivity contribution in [1.29, 1.82) is 0 Å². The molecule has 0 radical (unpaired) electrons. The predicted molar refractivity (Wildman–Crippen MR) is 69.8 cm³/mol. The molecule has 1 atom stereocenters. The highest BCUT2D eigenvalue weighted by molar-refractivity contribution is 7.80. The molecule has 0 spiro atoms. The summed E-state index contributed by atoms with van der Waals surface area (Å²) >= 11 is 5.79. The van der Waals surface area contributed by atoms with Crippen molar-refractivity contribution in [2.45, 2.75) is 17.4 Å². The molecule has 6 heteroatoms. The third-order valence-corrected chi connectivity index (χ3v) is 4.04. The first-order valence-corrected chi connectivity index (χ1v) is 6.70. The Kier molecular flexibility index (Phi) is 4.06. The summed E-state index contributed by atoms with van der Waals surface area (Å²) in [6.07, 6.45) is 2.23. The average molecular weight is 270 g/mol. The molecule has 1 aromatic heterocycles. The van der Waals surface area contributed by atoms with E-state index in [9.17, 15) is 4.79 Å². The van der Waals surface area contributed by atoms with Gasteiger partial charge in [0.25, 0.3) is 0 Å². The lowest BCUT2D eigenvalue weighted by Crippen LogP contribution is -2.29. The Labute approximate surface area is 110 Å². The van der Waals surface area contributed by atoms with E-state index in [0.29, 0.717) is 12.5 Å². The summed E-state index contributed by atoms with van der Waals surface area (Å²) in [5.41, 5.74) is 0. The number of ether oxygens (including phenoxy) is 1. The minimum absolute atomic E-state index is 0.262. The fraction of sp³-hybridized carbons (Fsp3) is 0.455. The third-order valence-electron chi connectivity index (χ3n) is 2.63. The van der Waals surface area contributed by atoms with Crippen molar-refractivity contribution in [2.75, 3.05) is 19.7 Å². The Hall–Kier alpha value is -1.01. The number of nitrogens with zero attached hydrogens (tertiary/aromatic N) is 2. The highest BCUT2D eigenvalue weighted by Crippen LogP contribution is 2.30. The zero-order valence-corrected chi connectivity index (χ0v) is 11.0. The summed E-state index contributed by atoms with van der Waals surface area (Å²) in [5.74, 6) is 0.317. The third kappa shape index (κ3) is 3.01. The number of hydrogen-bond donors (Lipinski definition) is 1. The lowest BCUT2D eigenvalue weighted by atomic mass is 10.1. The average Bonchev–Trinajstić information content (AvgIpc) is 2.93. The Morgan fingerprint density at radius 3 is 3.29 bits per heavy atom. The molecular weight excluding hydrogens is 256 g/mol. The highest BCUT2D eigenvalue weighted by Gasteiger charge is 2.29. The Morgan fingerprint density at radius 2 is 2.65 bits per heavy atom. The lowest BCUT2D eigenvalue weighted by molar-refractivity contribution is 0.121. The molecule has 1 fully saturated rings. The molecule has 2 heterocycles. The van der Waals surface area contributed by atoms with E-state index < -0.39 is 0 Å². The molecule has 0 aliphatic carbocycles. The van der Waals surface area contributed by atoms with Crippen LogP contribution >= 0.6 is 24.0 Å². The van der Waals surface area contributed by atoms with E-state index in [2.05, 4.69) is 24.2 Å². The van der Waals surface area contributed by atoms with Gasteiger partial charge in [-0.2, -0.15) is 0 Å². The molecule has 1 aromatic rings. The summed E-state index contributed by atoms with van der Waals surface area (Å²) < 4.78 is 5.00. The number of carbonyl (C=O) groups is 1. The lowest BCUT2D eigenvalue weighted by Gasteiger charge is -2.14. The molecular formula is C11H14N2O2S2. The number of thiol groups is 1. The monoisotopic (exact) mass is 270 g/mol. The zero-order valence-electron chi connectivity index (χ0n) is 9.33. The summed E-state index contributed by atoms with van der Waals surface area (Å²) in [6, 6.07) is 0. The number of amides is 1. The van der Waals surface area contributed by atoms with Crippen LogP contribution in [0.3, 0.4) is 0 Å². The van der Waals surface area contributed by atoms with Crippen LogP contribution in [0.25, 0.3) is 0 Å². The largest absolute Gasteiger partial charge is 0.445 e. The van der Waals surface area contributed by atoms with Gasteiger partial charge in [0.2, 0.25) is 0 Å². The molecule has 1 saturated heterocycles. The molecule has 1 amide bonds. The van der Waals surface area contributed by atoms with E-state index in [0.717, 1.165) is 23.0 Å². The van der Waals surface area contributed by atoms with E-state index in [1.54, 1.807) is 22.3 Å². The minimum atomic E-state index is -0.268. The predicted octanol–water partition coefficient (Wildman–Crippen LogP) is 2.54. The van der Waals surface area contributed by atoms with E-state index in [-0.39, 0.29) is 12.7 Å². The number of thiazole rings is 1. The van der Waals surface area contributed by atoms with Gasteiger partial charge in [-0.25, -0.2) is 9.78 Å². The molecule has 0 saturated carbocycles. The van der Waals surface area contributed by atoms with Gasteiger partial charge in [0.15, 0.2) is 0 Å². The second-order valence-electron chi connectivity index (χ2n) is 3.84. The first kappa shape index (κ1) is 12.4. The molecule has 2 rings (SSSR count). The van der Waals surface area contributed by atoms with Gasteiger partial charge in [0.1, 0.15) is 11.6 Å². The summed E-state index contributed by atoms with van der Waals surface area (Å²) in [4.78, 5) is 17.7. The molecule has 0 aromatic carbocycles. The number of aromatic nitrogens is 1. The van der Waals surface area contributed by atoms with Gasteiger partial charge in [-0.15, -0.1) is 24.0 Å². The van der Waals surface area contributed by atoms with E-state index in [4.69, 9.17) is 4.74 Å². The SMILES string of the molecule is C=CCOC(=O)N1CC[C@H](c2nc(S)cs2)C1. The summed E-state index contributed by atoms with van der Waals surface area (Å²) in [5, 5.41) is 3.71. The number of likely N-dealkylation sites (tertiary alicyclic amines) is 1. The first-order chi connectivity index (χ1) is 8.20. The van der Waals surface area contributed by atoms with E-state index in [1.165, 1.54) is 0 Å². The van der Waals surface area contributed by atoms with Crippen LogP contribution in [0.5, 0.6) is 0 Å². The smallest absolute Gasteiger partial charge is 0.410 e. The number of hydrogen-bond acceptors (Lipinski definition) is 5. The zero-order chi connectivity index (χ0) is 12.3. The van der Waals surface area contributed by atoms with Gasteiger partial charge >= 0.3 is 6.09 Å². The van der Waals surface area contributed by atoms with Crippen molar-refractivity contribution in [1.82, 2.24) is 9.88 Å². The topological polar surface area (TPSA) is 42.4 Å². The van der Waals surface area contributed by atoms with Gasteiger partial charge < -0.3 is 9.64 Å². The maximum absolute atomic E-state index is 11.6. The van der Waals surface area contributed by atoms with Crippen LogP contribution in [-0.2, 0) is 4.74 Å². The molecule has 1 aliphatic heterocycles. The maximum atomic E-state index is 11.6. The van der Waals surface area contributed by atoms with Gasteiger partial charge in [-0.05, 0) is 6.42 Å². The van der Waals surface area contributed by atoms with Gasteiger partial charge in [-0.3, -0.25) is 0 Å². The van der Waals surface area contributed by atoms with Crippen LogP contribution in [-0.4, -0.2) is 35.7 Å². The quantitative estimate of drug-likeness (QED) is 0.678. The van der Waals surface area contributed by atoms with Gasteiger partial charge in [0, 0.05) is 24.4 Å². The summed E-state index contributed by atoms with van der Waals surface area (Å²) in [7, 11) is 0. The van der Waals surface area contributed by atoms with Gasteiger partial charge in [0.05, 0.1) is 5.01 Å². The van der Waals surface area contributed by atoms with Crippen molar-refractivity contribution < 1.29 is 9.53 Å². The van der Waals surface area contributed by atoms with Crippen molar-refractivity contribution >= 4 is 30.1 Å². The molecule has 0 bridgehead atoms. The Morgan fingerprint density at radius 1 is 1.82 bits per heavy atom. The fourth-order valence-electron chi connectivity index (χ4n) is 1.82. The second kappa shape index (κ2) is 5.55. The number of rotatable bonds is 3. The van der Waals surface area contributed by atoms with Crippen molar-refractivity contribution in [3.8, 4) is 0 Å². The first-order valence-electron chi connectivity index (χ1n) is 5.37. The van der Waals surface area contributed by atoms with Crippen LogP contribution in [0.1, 0.15) is 17.3 Å². The van der Waals surface area contributed by atoms with Crippen molar-refractivity contribution in [2.24, 2.45) is 0 Å². The van der Waals surface area contributed by atoms with E-state index >= 15 is 0 Å². The molecule has 92 valence electrons. The summed E-state index contributed by atoms with van der Waals surface area (Å²) in [6.45, 7) is 5.18. The van der Waals surface area contributed by atoms with E-state index in [1.807, 2.05) is 5.38 Å². The molecule has 0 N–H and O–H groups in total. The van der Waals surface area contributed by atoms with Crippen LogP contribution < -0.4 is 0 Å². The Balaban J connectivity index is 1.91. The second-order valence-corrected chi connectivity index (χ2v) is 5.19.